The minimum atomic E-state index is -1.18. The van der Waals surface area contributed by atoms with E-state index >= 15 is 0 Å². The van der Waals surface area contributed by atoms with Crippen molar-refractivity contribution in [3.05, 3.63) is 104 Å². The first-order valence-corrected chi connectivity index (χ1v) is 12.6. The second-order valence-electron chi connectivity index (χ2n) is 8.39. The predicted molar refractivity (Wildman–Crippen MR) is 158 cm³/mol. The molecule has 13 heteroatoms. The molecule has 2 N–H and O–H groups in total. The molecule has 0 bridgehead atoms. The molecule has 4 aromatic rings. The highest BCUT2D eigenvalue weighted by atomic mass is 35.5. The van der Waals surface area contributed by atoms with Crippen LogP contribution in [0.3, 0.4) is 0 Å². The first kappa shape index (κ1) is 33.7. The van der Waals surface area contributed by atoms with Gasteiger partial charge in [-0.05, 0) is 37.1 Å². The average molecular weight is 612 g/mol. The van der Waals surface area contributed by atoms with Gasteiger partial charge < -0.3 is 19.7 Å². The zero-order valence-corrected chi connectivity index (χ0v) is 23.6. The van der Waals surface area contributed by atoms with Gasteiger partial charge in [-0.2, -0.15) is 9.97 Å². The third-order valence-corrected chi connectivity index (χ3v) is 6.51. The fourth-order valence-electron chi connectivity index (χ4n) is 3.74. The number of ether oxygens (including phenoxy) is 2. The first-order valence-electron chi connectivity index (χ1n) is 11.8. The quantitative estimate of drug-likeness (QED) is 0.272. The van der Waals surface area contributed by atoms with Gasteiger partial charge >= 0.3 is 35.0 Å². The molecule has 2 aromatic heterocycles. The van der Waals surface area contributed by atoms with Crippen LogP contribution in [0.2, 0.25) is 10.0 Å². The van der Waals surface area contributed by atoms with Crippen molar-refractivity contribution in [1.82, 2.24) is 19.9 Å². The van der Waals surface area contributed by atoms with Crippen molar-refractivity contribution in [2.24, 2.45) is 0 Å². The van der Waals surface area contributed by atoms with Crippen LogP contribution in [0.15, 0.2) is 48.5 Å². The van der Waals surface area contributed by atoms with Crippen molar-refractivity contribution in [1.29, 1.82) is 0 Å². The second kappa shape index (κ2) is 15.5. The number of aromatic nitrogens is 4. The maximum atomic E-state index is 10.9. The molecule has 0 aliphatic heterocycles. The van der Waals surface area contributed by atoms with Gasteiger partial charge in [0.05, 0.1) is 14.2 Å². The highest BCUT2D eigenvalue weighted by Gasteiger charge is 2.18. The Kier molecular flexibility index (Phi) is 12.7. The topological polar surface area (TPSA) is 145 Å². The van der Waals surface area contributed by atoms with E-state index in [4.69, 9.17) is 42.9 Å². The van der Waals surface area contributed by atoms with Gasteiger partial charge in [0.15, 0.2) is 0 Å². The molecule has 0 aliphatic carbocycles. The minimum absolute atomic E-state index is 0. The fraction of sp³-hybridized carbons (Fsp3) is 0.214. The summed E-state index contributed by atoms with van der Waals surface area (Å²) in [6.45, 7) is 3.45. The molecule has 2 aromatic carbocycles. The van der Waals surface area contributed by atoms with Crippen molar-refractivity contribution in [3.8, 4) is 11.8 Å². The molecule has 0 amide bonds. The summed E-state index contributed by atoms with van der Waals surface area (Å²) in [5, 5.41) is 19.2. The number of carbonyl (C=O) groups is 2. The van der Waals surface area contributed by atoms with Gasteiger partial charge in [-0.25, -0.2) is 19.6 Å². The summed E-state index contributed by atoms with van der Waals surface area (Å²) in [4.78, 5) is 37.6. The molecule has 0 fully saturated rings. The normalized spacial score (nSPS) is 10.1. The standard InChI is InChI=1S/2C14H13ClN2O3.Mg.2H/c2*1-8-10(7-9-5-3-4-6-11(9)15)13(20-2)17-12(16-8)14(18)19;;;/h2*3-6H,7H2,1-2H3,(H,18,19);;;. The SMILES string of the molecule is COc1nc(C(=O)O)nc(C)c1Cc1ccccc1Cl.COc1nc(C(=O)O)nc(C)c1Cc1ccccc1Cl.[MgH2]. The summed E-state index contributed by atoms with van der Waals surface area (Å²) in [6, 6.07) is 14.8. The lowest BCUT2D eigenvalue weighted by Crippen LogP contribution is -2.10. The molecule has 0 aliphatic rings. The molecule has 10 nitrogen and oxygen atoms in total. The second-order valence-corrected chi connectivity index (χ2v) is 9.20. The molecular formula is C28H28Cl2MgN4O6. The number of carboxylic acid groups (broad SMARTS) is 2. The summed E-state index contributed by atoms with van der Waals surface area (Å²) in [5.74, 6) is -2.40. The lowest BCUT2D eigenvalue weighted by molar-refractivity contribution is 0.0671. The van der Waals surface area contributed by atoms with Crippen LogP contribution < -0.4 is 9.47 Å². The van der Waals surface area contributed by atoms with Gasteiger partial charge in [0.1, 0.15) is 0 Å². The van der Waals surface area contributed by atoms with Crippen LogP contribution in [0.25, 0.3) is 0 Å². The molecular weight excluding hydrogens is 584 g/mol. The number of carboxylic acids is 2. The molecule has 0 saturated carbocycles. The van der Waals surface area contributed by atoms with Crippen LogP contribution in [0.5, 0.6) is 11.8 Å². The number of halogens is 2. The van der Waals surface area contributed by atoms with E-state index in [0.717, 1.165) is 22.3 Å². The van der Waals surface area contributed by atoms with Gasteiger partial charge in [-0.1, -0.05) is 59.6 Å². The van der Waals surface area contributed by atoms with Crippen molar-refractivity contribution in [2.45, 2.75) is 26.7 Å². The number of methoxy groups -OCH3 is 2. The van der Waals surface area contributed by atoms with Gasteiger partial charge in [0, 0.05) is 45.4 Å². The van der Waals surface area contributed by atoms with Crippen molar-refractivity contribution in [3.63, 3.8) is 0 Å². The first-order chi connectivity index (χ1) is 19.0. The molecule has 4 rings (SSSR count). The monoisotopic (exact) mass is 610 g/mol. The number of aromatic carboxylic acids is 2. The van der Waals surface area contributed by atoms with Crippen LogP contribution in [0.4, 0.5) is 0 Å². The molecule has 0 spiro atoms. The number of benzene rings is 2. The third-order valence-electron chi connectivity index (χ3n) is 5.77. The number of hydrogen-bond donors (Lipinski definition) is 2. The van der Waals surface area contributed by atoms with Gasteiger partial charge in [0.25, 0.3) is 0 Å². The van der Waals surface area contributed by atoms with E-state index in [9.17, 15) is 9.59 Å². The smallest absolute Gasteiger partial charge is 0.374 e. The number of rotatable bonds is 8. The Bertz CT molecular complexity index is 1440. The Labute approximate surface area is 262 Å². The lowest BCUT2D eigenvalue weighted by Gasteiger charge is -2.11. The van der Waals surface area contributed by atoms with E-state index in [1.807, 2.05) is 36.4 Å². The Morgan fingerprint density at radius 2 is 1.02 bits per heavy atom. The van der Waals surface area contributed by atoms with E-state index in [-0.39, 0.29) is 46.5 Å². The lowest BCUT2D eigenvalue weighted by atomic mass is 10.0. The Balaban J connectivity index is 0.000000280. The highest BCUT2D eigenvalue weighted by Crippen LogP contribution is 2.27. The maximum absolute atomic E-state index is 10.9. The van der Waals surface area contributed by atoms with E-state index in [1.165, 1.54) is 14.2 Å². The molecule has 41 heavy (non-hydrogen) atoms. The van der Waals surface area contributed by atoms with Crippen molar-refractivity contribution < 1.29 is 29.3 Å². The summed E-state index contributed by atoms with van der Waals surface area (Å²) in [7, 11) is 2.90. The Hall–Kier alpha value is -3.51. The van der Waals surface area contributed by atoms with Crippen LogP contribution in [0.1, 0.15) is 54.9 Å². The van der Waals surface area contributed by atoms with Crippen LogP contribution >= 0.6 is 23.2 Å². The maximum Gasteiger partial charge on any atom is 0.374 e. The van der Waals surface area contributed by atoms with Crippen LogP contribution in [-0.2, 0) is 12.8 Å². The van der Waals surface area contributed by atoms with Crippen molar-refractivity contribution >= 4 is 58.2 Å². The van der Waals surface area contributed by atoms with E-state index in [2.05, 4.69) is 19.9 Å². The molecule has 212 valence electrons. The van der Waals surface area contributed by atoms with Gasteiger partial charge in [0.2, 0.25) is 23.4 Å². The van der Waals surface area contributed by atoms with E-state index in [1.54, 1.807) is 26.0 Å². The Morgan fingerprint density at radius 1 is 0.683 bits per heavy atom. The fourth-order valence-corrected chi connectivity index (χ4v) is 4.15. The molecule has 0 atom stereocenters. The molecule has 0 saturated heterocycles. The van der Waals surface area contributed by atoms with Gasteiger partial charge in [-0.3, -0.25) is 0 Å². The summed E-state index contributed by atoms with van der Waals surface area (Å²) in [6.07, 6.45) is 0.961. The molecule has 0 radical (unpaired) electrons. The zero-order chi connectivity index (χ0) is 29.4. The largest absolute Gasteiger partial charge is 0.481 e. The summed E-state index contributed by atoms with van der Waals surface area (Å²) < 4.78 is 10.3. The number of hydrogen-bond acceptors (Lipinski definition) is 8. The average Bonchev–Trinajstić information content (AvgIpc) is 2.92. The number of aryl methyl sites for hydroxylation is 2. The summed E-state index contributed by atoms with van der Waals surface area (Å²) in [5.41, 5.74) is 4.39. The minimum Gasteiger partial charge on any atom is -0.481 e. The Morgan fingerprint density at radius 3 is 1.32 bits per heavy atom. The van der Waals surface area contributed by atoms with Gasteiger partial charge in [-0.15, -0.1) is 0 Å². The predicted octanol–water partition coefficient (Wildman–Crippen LogP) is 4.56. The van der Waals surface area contributed by atoms with Crippen LogP contribution in [0, 0.1) is 13.8 Å². The highest BCUT2D eigenvalue weighted by molar-refractivity contribution is 6.31. The van der Waals surface area contributed by atoms with E-state index < -0.39 is 11.9 Å². The number of nitrogens with zero attached hydrogens (tertiary/aromatic N) is 4. The third kappa shape index (κ3) is 8.73. The van der Waals surface area contributed by atoms with Crippen molar-refractivity contribution in [2.75, 3.05) is 14.2 Å². The molecule has 2 heterocycles. The molecule has 0 unspecified atom stereocenters. The van der Waals surface area contributed by atoms with Crippen LogP contribution in [-0.4, -0.2) is 79.4 Å². The van der Waals surface area contributed by atoms with E-state index in [0.29, 0.717) is 34.3 Å². The zero-order valence-electron chi connectivity index (χ0n) is 22.1. The summed E-state index contributed by atoms with van der Waals surface area (Å²) >= 11 is 12.3.